The highest BCUT2D eigenvalue weighted by atomic mass is 15.1. The Labute approximate surface area is 95.7 Å². The lowest BCUT2D eigenvalue weighted by Crippen LogP contribution is -2.11. The topological polar surface area (TPSA) is 63.8 Å². The molecule has 86 valence electrons. The molecule has 4 heteroatoms. The molecule has 2 aliphatic rings. The summed E-state index contributed by atoms with van der Waals surface area (Å²) >= 11 is 0. The van der Waals surface area contributed by atoms with Crippen molar-refractivity contribution in [1.82, 2.24) is 9.97 Å². The minimum Gasteiger partial charge on any atom is -0.384 e. The van der Waals surface area contributed by atoms with Gasteiger partial charge < -0.3 is 11.1 Å². The van der Waals surface area contributed by atoms with Crippen LogP contribution in [0.1, 0.15) is 44.9 Å². The summed E-state index contributed by atoms with van der Waals surface area (Å²) in [6.45, 7) is 4.52. The minimum atomic E-state index is 0.402. The third kappa shape index (κ3) is 1.84. The summed E-state index contributed by atoms with van der Waals surface area (Å²) in [5.74, 6) is 2.94. The smallest absolute Gasteiger partial charge is 0.136 e. The van der Waals surface area contributed by atoms with Crippen LogP contribution in [0, 0.1) is 5.41 Å². The summed E-state index contributed by atoms with van der Waals surface area (Å²) in [5.41, 5.74) is 6.20. The average molecular weight is 218 g/mol. The van der Waals surface area contributed by atoms with Crippen molar-refractivity contribution in [2.75, 3.05) is 11.1 Å². The van der Waals surface area contributed by atoms with E-state index >= 15 is 0 Å². The molecule has 1 atom stereocenters. The third-order valence-electron chi connectivity index (χ3n) is 3.54. The SMILES string of the molecule is CC1(C)CC1Nc1cc(N)nc(C2CC2)n1. The highest BCUT2D eigenvalue weighted by molar-refractivity contribution is 5.47. The highest BCUT2D eigenvalue weighted by Gasteiger charge is 2.46. The Bertz CT molecular complexity index is 423. The summed E-state index contributed by atoms with van der Waals surface area (Å²) in [7, 11) is 0. The van der Waals surface area contributed by atoms with E-state index in [1.54, 1.807) is 0 Å². The molecule has 0 aliphatic heterocycles. The van der Waals surface area contributed by atoms with Gasteiger partial charge in [0.15, 0.2) is 0 Å². The number of nitrogens with two attached hydrogens (primary N) is 1. The zero-order valence-electron chi connectivity index (χ0n) is 9.83. The van der Waals surface area contributed by atoms with E-state index in [1.807, 2.05) is 6.07 Å². The Balaban J connectivity index is 1.78. The lowest BCUT2D eigenvalue weighted by Gasteiger charge is -2.09. The van der Waals surface area contributed by atoms with Crippen molar-refractivity contribution >= 4 is 11.6 Å². The van der Waals surface area contributed by atoms with E-state index < -0.39 is 0 Å². The number of nitrogen functional groups attached to an aromatic ring is 1. The molecule has 3 N–H and O–H groups in total. The number of hydrogen-bond donors (Lipinski definition) is 2. The molecule has 0 aromatic carbocycles. The summed E-state index contributed by atoms with van der Waals surface area (Å²) in [4.78, 5) is 8.83. The van der Waals surface area contributed by atoms with Gasteiger partial charge in [0.2, 0.25) is 0 Å². The van der Waals surface area contributed by atoms with Gasteiger partial charge in [0.05, 0.1) is 0 Å². The molecule has 2 saturated carbocycles. The van der Waals surface area contributed by atoms with Gasteiger partial charge in [-0.1, -0.05) is 13.8 Å². The third-order valence-corrected chi connectivity index (χ3v) is 3.54. The molecule has 1 unspecified atom stereocenters. The second-order valence-electron chi connectivity index (χ2n) is 5.70. The molecule has 0 saturated heterocycles. The monoisotopic (exact) mass is 218 g/mol. The molecule has 0 bridgehead atoms. The second-order valence-corrected chi connectivity index (χ2v) is 5.70. The number of hydrogen-bond acceptors (Lipinski definition) is 4. The van der Waals surface area contributed by atoms with Crippen molar-refractivity contribution in [2.24, 2.45) is 5.41 Å². The standard InChI is InChI=1S/C12H18N4/c1-12(2)6-8(12)14-10-5-9(13)15-11(16-10)7-3-4-7/h5,7-8H,3-4,6H2,1-2H3,(H3,13,14,15,16). The van der Waals surface area contributed by atoms with Crippen molar-refractivity contribution in [3.63, 3.8) is 0 Å². The maximum absolute atomic E-state index is 5.80. The zero-order valence-corrected chi connectivity index (χ0v) is 9.83. The van der Waals surface area contributed by atoms with Crippen LogP contribution >= 0.6 is 0 Å². The van der Waals surface area contributed by atoms with Crippen molar-refractivity contribution in [3.05, 3.63) is 11.9 Å². The molecule has 0 radical (unpaired) electrons. The summed E-state index contributed by atoms with van der Waals surface area (Å²) < 4.78 is 0. The second kappa shape index (κ2) is 3.09. The molecule has 2 fully saturated rings. The van der Waals surface area contributed by atoms with Crippen LogP contribution in [0.25, 0.3) is 0 Å². The van der Waals surface area contributed by atoms with Crippen molar-refractivity contribution in [1.29, 1.82) is 0 Å². The van der Waals surface area contributed by atoms with E-state index in [-0.39, 0.29) is 0 Å². The van der Waals surface area contributed by atoms with Crippen LogP contribution in [0.15, 0.2) is 6.07 Å². The Kier molecular flexibility index (Phi) is 1.91. The number of nitrogens with one attached hydrogen (secondary N) is 1. The Morgan fingerprint density at radius 2 is 2.06 bits per heavy atom. The molecular weight excluding hydrogens is 200 g/mol. The molecular formula is C12H18N4. The molecule has 1 aromatic rings. The fourth-order valence-corrected chi connectivity index (χ4v) is 1.98. The molecule has 2 aliphatic carbocycles. The number of aromatic nitrogens is 2. The van der Waals surface area contributed by atoms with Gasteiger partial charge in [0, 0.05) is 18.0 Å². The van der Waals surface area contributed by atoms with Gasteiger partial charge in [-0.3, -0.25) is 0 Å². The van der Waals surface area contributed by atoms with E-state index in [4.69, 9.17) is 5.73 Å². The molecule has 16 heavy (non-hydrogen) atoms. The maximum atomic E-state index is 5.80. The Morgan fingerprint density at radius 3 is 2.62 bits per heavy atom. The van der Waals surface area contributed by atoms with Crippen molar-refractivity contribution in [3.8, 4) is 0 Å². The van der Waals surface area contributed by atoms with E-state index in [9.17, 15) is 0 Å². The van der Waals surface area contributed by atoms with Gasteiger partial charge >= 0.3 is 0 Å². The zero-order chi connectivity index (χ0) is 11.3. The number of anilines is 2. The van der Waals surface area contributed by atoms with E-state index in [0.717, 1.165) is 11.6 Å². The molecule has 1 heterocycles. The van der Waals surface area contributed by atoms with Crippen LogP contribution in [0.5, 0.6) is 0 Å². The highest BCUT2D eigenvalue weighted by Crippen LogP contribution is 2.46. The summed E-state index contributed by atoms with van der Waals surface area (Å²) in [6.07, 6.45) is 3.62. The van der Waals surface area contributed by atoms with Gasteiger partial charge in [-0.05, 0) is 24.7 Å². The first-order valence-electron chi connectivity index (χ1n) is 5.95. The quantitative estimate of drug-likeness (QED) is 0.816. The van der Waals surface area contributed by atoms with E-state index in [1.165, 1.54) is 19.3 Å². The summed E-state index contributed by atoms with van der Waals surface area (Å²) in [6, 6.07) is 2.37. The van der Waals surface area contributed by atoms with Gasteiger partial charge in [-0.15, -0.1) is 0 Å². The predicted octanol–water partition coefficient (Wildman–Crippen LogP) is 2.15. The van der Waals surface area contributed by atoms with Crippen LogP contribution in [-0.4, -0.2) is 16.0 Å². The van der Waals surface area contributed by atoms with E-state index in [0.29, 0.717) is 23.2 Å². The fourth-order valence-electron chi connectivity index (χ4n) is 1.98. The van der Waals surface area contributed by atoms with Gasteiger partial charge in [-0.25, -0.2) is 9.97 Å². The van der Waals surface area contributed by atoms with Crippen LogP contribution < -0.4 is 11.1 Å². The Morgan fingerprint density at radius 1 is 1.38 bits per heavy atom. The first kappa shape index (κ1) is 9.87. The lowest BCUT2D eigenvalue weighted by molar-refractivity contribution is 0.629. The van der Waals surface area contributed by atoms with Gasteiger partial charge in [0.25, 0.3) is 0 Å². The lowest BCUT2D eigenvalue weighted by atomic mass is 10.2. The van der Waals surface area contributed by atoms with Crippen LogP contribution in [0.4, 0.5) is 11.6 Å². The van der Waals surface area contributed by atoms with Crippen LogP contribution in [0.2, 0.25) is 0 Å². The fraction of sp³-hybridized carbons (Fsp3) is 0.667. The van der Waals surface area contributed by atoms with Gasteiger partial charge in [0.1, 0.15) is 17.5 Å². The average Bonchev–Trinajstić information content (AvgIpc) is 3.04. The predicted molar refractivity (Wildman–Crippen MR) is 64.2 cm³/mol. The molecule has 1 aromatic heterocycles. The Hall–Kier alpha value is -1.32. The molecule has 4 nitrogen and oxygen atoms in total. The first-order chi connectivity index (χ1) is 7.54. The molecule has 0 spiro atoms. The number of rotatable bonds is 3. The van der Waals surface area contributed by atoms with Crippen LogP contribution in [-0.2, 0) is 0 Å². The summed E-state index contributed by atoms with van der Waals surface area (Å²) in [5, 5.41) is 3.44. The van der Waals surface area contributed by atoms with Crippen LogP contribution in [0.3, 0.4) is 0 Å². The molecule has 0 amide bonds. The largest absolute Gasteiger partial charge is 0.384 e. The normalized spacial score (nSPS) is 26.5. The first-order valence-corrected chi connectivity index (χ1v) is 5.95. The number of nitrogens with zero attached hydrogens (tertiary/aromatic N) is 2. The molecule has 3 rings (SSSR count). The maximum Gasteiger partial charge on any atom is 0.136 e. The van der Waals surface area contributed by atoms with Crippen molar-refractivity contribution in [2.45, 2.75) is 45.1 Å². The van der Waals surface area contributed by atoms with E-state index in [2.05, 4.69) is 29.1 Å². The van der Waals surface area contributed by atoms with Crippen molar-refractivity contribution < 1.29 is 0 Å². The van der Waals surface area contributed by atoms with Gasteiger partial charge in [-0.2, -0.15) is 0 Å². The minimum absolute atomic E-state index is 0.402.